The first-order valence-electron chi connectivity index (χ1n) is 3.72. The molecule has 2 atom stereocenters. The average molecular weight is 169 g/mol. The van der Waals surface area contributed by atoms with Gasteiger partial charge < -0.3 is 5.11 Å². The molecule has 0 spiro atoms. The van der Waals surface area contributed by atoms with Gasteiger partial charge in [-0.2, -0.15) is 0 Å². The van der Waals surface area contributed by atoms with Crippen LogP contribution in [0, 0.1) is 16.0 Å². The molecule has 0 heterocycles. The van der Waals surface area contributed by atoms with E-state index >= 15 is 0 Å². The molecular formula is C8H11NO3. The Morgan fingerprint density at radius 2 is 2.33 bits per heavy atom. The Morgan fingerprint density at radius 3 is 2.75 bits per heavy atom. The van der Waals surface area contributed by atoms with Gasteiger partial charge in [-0.3, -0.25) is 10.1 Å². The minimum atomic E-state index is -1.15. The topological polar surface area (TPSA) is 63.4 Å². The molecule has 1 rings (SSSR count). The summed E-state index contributed by atoms with van der Waals surface area (Å²) in [6.45, 7) is 1.31. The summed E-state index contributed by atoms with van der Waals surface area (Å²) in [6, 6.07) is 0. The minimum Gasteiger partial charge on any atom is -0.395 e. The minimum absolute atomic E-state index is 0.196. The smallest absolute Gasteiger partial charge is 0.246 e. The van der Waals surface area contributed by atoms with Crippen molar-refractivity contribution in [1.82, 2.24) is 0 Å². The van der Waals surface area contributed by atoms with Crippen molar-refractivity contribution in [2.75, 3.05) is 6.61 Å². The normalized spacial score (nSPS) is 33.7. The van der Waals surface area contributed by atoms with Gasteiger partial charge in [-0.15, -0.1) is 0 Å². The van der Waals surface area contributed by atoms with Crippen LogP contribution in [-0.4, -0.2) is 22.2 Å². The van der Waals surface area contributed by atoms with Crippen LogP contribution < -0.4 is 0 Å². The lowest BCUT2D eigenvalue weighted by molar-refractivity contribution is -0.559. The van der Waals surface area contributed by atoms with Crippen molar-refractivity contribution in [3.8, 4) is 0 Å². The van der Waals surface area contributed by atoms with Crippen LogP contribution in [0.4, 0.5) is 0 Å². The molecule has 0 aromatic rings. The van der Waals surface area contributed by atoms with Gasteiger partial charge in [-0.1, -0.05) is 18.2 Å². The van der Waals surface area contributed by atoms with E-state index in [1.807, 2.05) is 0 Å². The van der Waals surface area contributed by atoms with E-state index in [4.69, 9.17) is 5.11 Å². The maximum atomic E-state index is 10.7. The zero-order chi connectivity index (χ0) is 9.19. The molecule has 0 aromatic heterocycles. The fourth-order valence-corrected chi connectivity index (χ4v) is 1.21. The Kier molecular flexibility index (Phi) is 2.28. The van der Waals surface area contributed by atoms with Crippen molar-refractivity contribution >= 4 is 0 Å². The number of aliphatic hydroxyl groups excluding tert-OH is 1. The summed E-state index contributed by atoms with van der Waals surface area (Å²) in [5.74, 6) is -0.419. The van der Waals surface area contributed by atoms with Gasteiger partial charge in [0.15, 0.2) is 0 Å². The quantitative estimate of drug-likeness (QED) is 0.490. The molecule has 0 aliphatic heterocycles. The molecule has 1 aliphatic carbocycles. The highest BCUT2D eigenvalue weighted by atomic mass is 16.6. The molecule has 0 amide bonds. The SMILES string of the molecule is C[C@]1([N+](=O)[O-])C=CC=C[C@H]1CO. The van der Waals surface area contributed by atoms with E-state index in [0.29, 0.717) is 0 Å². The molecular weight excluding hydrogens is 158 g/mol. The highest BCUT2D eigenvalue weighted by Gasteiger charge is 2.42. The van der Waals surface area contributed by atoms with Gasteiger partial charge >= 0.3 is 0 Å². The van der Waals surface area contributed by atoms with E-state index in [1.165, 1.54) is 13.0 Å². The van der Waals surface area contributed by atoms with Crippen molar-refractivity contribution in [2.45, 2.75) is 12.5 Å². The highest BCUT2D eigenvalue weighted by molar-refractivity contribution is 5.20. The molecule has 4 nitrogen and oxygen atoms in total. The van der Waals surface area contributed by atoms with Gasteiger partial charge in [0.05, 0.1) is 12.5 Å². The van der Waals surface area contributed by atoms with Crippen molar-refractivity contribution < 1.29 is 10.0 Å². The molecule has 4 heteroatoms. The van der Waals surface area contributed by atoms with Crippen LogP contribution in [0.1, 0.15) is 6.92 Å². The molecule has 66 valence electrons. The van der Waals surface area contributed by atoms with Crippen LogP contribution in [-0.2, 0) is 0 Å². The van der Waals surface area contributed by atoms with Crippen molar-refractivity contribution in [3.63, 3.8) is 0 Å². The van der Waals surface area contributed by atoms with Crippen LogP contribution in [0.25, 0.3) is 0 Å². The maximum Gasteiger partial charge on any atom is 0.246 e. The number of rotatable bonds is 2. The van der Waals surface area contributed by atoms with Gasteiger partial charge in [-0.05, 0) is 6.08 Å². The highest BCUT2D eigenvalue weighted by Crippen LogP contribution is 2.26. The number of nitrogens with zero attached hydrogens (tertiary/aromatic N) is 1. The summed E-state index contributed by atoms with van der Waals surface area (Å²) in [5.41, 5.74) is -1.15. The van der Waals surface area contributed by atoms with Gasteiger partial charge in [0.25, 0.3) is 0 Å². The lowest BCUT2D eigenvalue weighted by atomic mass is 9.83. The van der Waals surface area contributed by atoms with Crippen LogP contribution in [0.5, 0.6) is 0 Å². The second-order valence-corrected chi connectivity index (χ2v) is 3.02. The van der Waals surface area contributed by atoms with E-state index in [2.05, 4.69) is 0 Å². The van der Waals surface area contributed by atoms with E-state index < -0.39 is 11.5 Å². The zero-order valence-corrected chi connectivity index (χ0v) is 6.80. The van der Waals surface area contributed by atoms with Crippen molar-refractivity contribution in [2.24, 2.45) is 5.92 Å². The predicted molar refractivity (Wildman–Crippen MR) is 44.3 cm³/mol. The Labute approximate surface area is 70.4 Å². The largest absolute Gasteiger partial charge is 0.395 e. The monoisotopic (exact) mass is 169 g/mol. The number of aliphatic hydroxyl groups is 1. The Morgan fingerprint density at radius 1 is 1.67 bits per heavy atom. The predicted octanol–water partition coefficient (Wildman–Crippen LogP) is 0.756. The first kappa shape index (κ1) is 8.93. The van der Waals surface area contributed by atoms with Crippen molar-refractivity contribution in [1.29, 1.82) is 0 Å². The number of hydrogen-bond donors (Lipinski definition) is 1. The summed E-state index contributed by atoms with van der Waals surface area (Å²) < 4.78 is 0. The standard InChI is InChI=1S/C8H11NO3/c1-8(9(11)12)5-3-2-4-7(8)6-10/h2-5,7,10H,6H2,1H3/t7-,8-/m0/s1. The van der Waals surface area contributed by atoms with Crippen LogP contribution >= 0.6 is 0 Å². The third kappa shape index (κ3) is 1.25. The second-order valence-electron chi connectivity index (χ2n) is 3.02. The average Bonchev–Trinajstić information content (AvgIpc) is 2.05. The number of hydrogen-bond acceptors (Lipinski definition) is 3. The Bertz CT molecular complexity index is 247. The lowest BCUT2D eigenvalue weighted by Gasteiger charge is -2.25. The molecule has 0 aromatic carbocycles. The third-order valence-corrected chi connectivity index (χ3v) is 2.23. The van der Waals surface area contributed by atoms with Crippen LogP contribution in [0.15, 0.2) is 24.3 Å². The summed E-state index contributed by atoms with van der Waals surface area (Å²) in [4.78, 5) is 10.3. The summed E-state index contributed by atoms with van der Waals surface area (Å²) in [7, 11) is 0. The molecule has 0 fully saturated rings. The second kappa shape index (κ2) is 3.06. The van der Waals surface area contributed by atoms with E-state index in [9.17, 15) is 10.1 Å². The Hall–Kier alpha value is -1.16. The molecule has 0 bridgehead atoms. The van der Waals surface area contributed by atoms with E-state index in [1.54, 1.807) is 18.2 Å². The van der Waals surface area contributed by atoms with E-state index in [0.717, 1.165) is 0 Å². The summed E-state index contributed by atoms with van der Waals surface area (Å²) >= 11 is 0. The summed E-state index contributed by atoms with van der Waals surface area (Å²) in [6.07, 6.45) is 6.51. The number of nitro groups is 1. The van der Waals surface area contributed by atoms with Gasteiger partial charge in [0, 0.05) is 11.8 Å². The molecule has 0 radical (unpaired) electrons. The number of allylic oxidation sites excluding steroid dienone is 2. The van der Waals surface area contributed by atoms with Gasteiger partial charge in [0.2, 0.25) is 5.54 Å². The van der Waals surface area contributed by atoms with Crippen molar-refractivity contribution in [3.05, 3.63) is 34.4 Å². The maximum absolute atomic E-state index is 10.7. The molecule has 1 N–H and O–H groups in total. The lowest BCUT2D eigenvalue weighted by Crippen LogP contribution is -2.42. The van der Waals surface area contributed by atoms with Crippen LogP contribution in [0.2, 0.25) is 0 Å². The van der Waals surface area contributed by atoms with Gasteiger partial charge in [-0.25, -0.2) is 0 Å². The van der Waals surface area contributed by atoms with Crippen LogP contribution in [0.3, 0.4) is 0 Å². The first-order valence-corrected chi connectivity index (χ1v) is 3.72. The molecule has 0 unspecified atom stereocenters. The molecule has 1 aliphatic rings. The Balaban J connectivity index is 2.94. The first-order chi connectivity index (χ1) is 5.61. The summed E-state index contributed by atoms with van der Waals surface area (Å²) in [5, 5.41) is 19.5. The fraction of sp³-hybridized carbons (Fsp3) is 0.500. The third-order valence-electron chi connectivity index (χ3n) is 2.23. The molecule has 12 heavy (non-hydrogen) atoms. The fourth-order valence-electron chi connectivity index (χ4n) is 1.21. The van der Waals surface area contributed by atoms with Gasteiger partial charge in [0.1, 0.15) is 0 Å². The molecule has 0 saturated heterocycles. The van der Waals surface area contributed by atoms with E-state index in [-0.39, 0.29) is 11.5 Å². The zero-order valence-electron chi connectivity index (χ0n) is 6.80. The molecule has 0 saturated carbocycles.